The highest BCUT2D eigenvalue weighted by Crippen LogP contribution is 2.27. The summed E-state index contributed by atoms with van der Waals surface area (Å²) in [5.74, 6) is 1.43. The Morgan fingerprint density at radius 1 is 1.07 bits per heavy atom. The summed E-state index contributed by atoms with van der Waals surface area (Å²) >= 11 is 0. The maximum atomic E-state index is 9.71. The highest BCUT2D eigenvalue weighted by molar-refractivity contribution is 5.91. The van der Waals surface area contributed by atoms with Crippen LogP contribution in [-0.2, 0) is 5.41 Å². The maximum absolute atomic E-state index is 9.71. The number of H-pyrrole nitrogens is 1. The lowest BCUT2D eigenvalue weighted by Gasteiger charge is -2.26. The Bertz CT molecular complexity index is 1120. The summed E-state index contributed by atoms with van der Waals surface area (Å²) in [5.41, 5.74) is 9.34. The average Bonchev–Trinajstić information content (AvgIpc) is 3.07. The van der Waals surface area contributed by atoms with Crippen LogP contribution >= 0.6 is 0 Å². The van der Waals surface area contributed by atoms with Crippen molar-refractivity contribution < 1.29 is 5.11 Å². The number of aromatic amines is 1. The zero-order valence-corrected chi connectivity index (χ0v) is 15.8. The first kappa shape index (κ1) is 17.8. The number of rotatable bonds is 5. The van der Waals surface area contributed by atoms with E-state index in [-0.39, 0.29) is 11.2 Å². The summed E-state index contributed by atoms with van der Waals surface area (Å²) < 4.78 is 0. The number of aromatic nitrogens is 4. The molecule has 0 aliphatic carbocycles. The van der Waals surface area contributed by atoms with Crippen LogP contribution < -0.4 is 11.1 Å². The van der Waals surface area contributed by atoms with Gasteiger partial charge in [0.05, 0.1) is 11.2 Å². The molecule has 2 aromatic carbocycles. The molecule has 0 saturated heterocycles. The molecule has 0 fully saturated rings. The summed E-state index contributed by atoms with van der Waals surface area (Å²) in [5, 5.41) is 29.4. The molecule has 4 aromatic rings. The third-order valence-electron chi connectivity index (χ3n) is 4.89. The van der Waals surface area contributed by atoms with Crippen LogP contribution in [0.3, 0.4) is 0 Å². The smallest absolute Gasteiger partial charge is 0.153 e. The lowest BCUT2D eigenvalue weighted by atomic mass is 9.84. The number of hydrogen-bond acceptors (Lipinski definition) is 6. The summed E-state index contributed by atoms with van der Waals surface area (Å²) in [6, 6.07) is 17.0. The molecule has 0 aliphatic heterocycles. The summed E-state index contributed by atoms with van der Waals surface area (Å²) in [6.07, 6.45) is 0. The van der Waals surface area contributed by atoms with Gasteiger partial charge in [-0.2, -0.15) is 5.10 Å². The van der Waals surface area contributed by atoms with Crippen LogP contribution in [0, 0.1) is 0 Å². The Labute approximate surface area is 162 Å². The summed E-state index contributed by atoms with van der Waals surface area (Å²) in [7, 11) is 0. The first-order valence-electron chi connectivity index (χ1n) is 9.03. The van der Waals surface area contributed by atoms with Gasteiger partial charge in [-0.05, 0) is 42.0 Å². The fourth-order valence-corrected chi connectivity index (χ4v) is 3.11. The molecule has 0 spiro atoms. The van der Waals surface area contributed by atoms with E-state index in [4.69, 9.17) is 5.73 Å². The standard InChI is InChI=1S/C21H22N6O/c1-21(2,14-4-3-5-15(28)11-14)12-23-19-9-8-17(24-26-19)13-6-7-18-16(10-13)20(22)27-25-18/h3-11,28H,12H2,1-2H3,(H,23,26)(H3,22,25,27). The van der Waals surface area contributed by atoms with Crippen LogP contribution in [0.15, 0.2) is 54.6 Å². The Balaban J connectivity index is 1.49. The van der Waals surface area contributed by atoms with Crippen molar-refractivity contribution >= 4 is 22.5 Å². The van der Waals surface area contributed by atoms with E-state index in [1.54, 1.807) is 12.1 Å². The number of benzene rings is 2. The molecular weight excluding hydrogens is 352 g/mol. The van der Waals surface area contributed by atoms with Crippen LogP contribution in [0.5, 0.6) is 5.75 Å². The third kappa shape index (κ3) is 3.46. The Morgan fingerprint density at radius 3 is 2.68 bits per heavy atom. The van der Waals surface area contributed by atoms with Gasteiger partial charge in [-0.1, -0.05) is 32.0 Å². The van der Waals surface area contributed by atoms with E-state index >= 15 is 0 Å². The van der Waals surface area contributed by atoms with Crippen molar-refractivity contribution in [1.29, 1.82) is 0 Å². The number of nitrogen functional groups attached to an aromatic ring is 1. The van der Waals surface area contributed by atoms with Gasteiger partial charge < -0.3 is 16.2 Å². The molecule has 142 valence electrons. The van der Waals surface area contributed by atoms with Gasteiger partial charge in [0, 0.05) is 22.9 Å². The molecule has 7 nitrogen and oxygen atoms in total. The lowest BCUT2D eigenvalue weighted by molar-refractivity contribution is 0.469. The van der Waals surface area contributed by atoms with Gasteiger partial charge in [-0.25, -0.2) is 0 Å². The zero-order valence-electron chi connectivity index (χ0n) is 15.8. The Morgan fingerprint density at radius 2 is 1.93 bits per heavy atom. The van der Waals surface area contributed by atoms with Gasteiger partial charge in [0.2, 0.25) is 0 Å². The molecule has 2 heterocycles. The third-order valence-corrected chi connectivity index (χ3v) is 4.89. The largest absolute Gasteiger partial charge is 0.508 e. The molecule has 0 radical (unpaired) electrons. The van der Waals surface area contributed by atoms with E-state index in [0.717, 1.165) is 27.7 Å². The van der Waals surface area contributed by atoms with Crippen molar-refractivity contribution in [3.05, 3.63) is 60.2 Å². The number of hydrogen-bond donors (Lipinski definition) is 4. The van der Waals surface area contributed by atoms with E-state index in [1.165, 1.54) is 0 Å². The van der Waals surface area contributed by atoms with Gasteiger partial charge in [0.15, 0.2) is 5.82 Å². The van der Waals surface area contributed by atoms with Crippen LogP contribution in [0.4, 0.5) is 11.6 Å². The number of anilines is 2. The normalized spacial score (nSPS) is 11.6. The molecule has 28 heavy (non-hydrogen) atoms. The van der Waals surface area contributed by atoms with Crippen molar-refractivity contribution in [2.75, 3.05) is 17.6 Å². The zero-order chi connectivity index (χ0) is 19.7. The van der Waals surface area contributed by atoms with Crippen molar-refractivity contribution in [1.82, 2.24) is 20.4 Å². The number of fused-ring (bicyclic) bond motifs is 1. The predicted molar refractivity (Wildman–Crippen MR) is 111 cm³/mol. The number of nitrogens with zero attached hydrogens (tertiary/aromatic N) is 3. The first-order chi connectivity index (χ1) is 13.4. The van der Waals surface area contributed by atoms with Gasteiger partial charge in [-0.15, -0.1) is 10.2 Å². The first-order valence-corrected chi connectivity index (χ1v) is 9.03. The highest BCUT2D eigenvalue weighted by atomic mass is 16.3. The second kappa shape index (κ2) is 6.84. The molecule has 0 aliphatic rings. The van der Waals surface area contributed by atoms with E-state index < -0.39 is 0 Å². The Hall–Kier alpha value is -3.61. The van der Waals surface area contributed by atoms with Crippen molar-refractivity contribution in [2.24, 2.45) is 0 Å². The lowest BCUT2D eigenvalue weighted by Crippen LogP contribution is -2.27. The minimum atomic E-state index is -0.178. The maximum Gasteiger partial charge on any atom is 0.153 e. The Kier molecular flexibility index (Phi) is 4.35. The van der Waals surface area contributed by atoms with Crippen molar-refractivity contribution in [3.8, 4) is 17.0 Å². The van der Waals surface area contributed by atoms with Crippen LogP contribution in [-0.4, -0.2) is 32.0 Å². The highest BCUT2D eigenvalue weighted by Gasteiger charge is 2.21. The molecule has 2 aromatic heterocycles. The van der Waals surface area contributed by atoms with E-state index in [9.17, 15) is 5.11 Å². The van der Waals surface area contributed by atoms with Gasteiger partial charge in [0.1, 0.15) is 11.6 Å². The van der Waals surface area contributed by atoms with E-state index in [2.05, 4.69) is 39.6 Å². The fraction of sp³-hybridized carbons (Fsp3) is 0.190. The predicted octanol–water partition coefficient (Wildman–Crippen LogP) is 3.70. The molecule has 0 bridgehead atoms. The number of phenolic OH excluding ortho intramolecular Hbond substituents is 1. The average molecular weight is 374 g/mol. The second-order valence-electron chi connectivity index (χ2n) is 7.46. The quantitative estimate of drug-likeness (QED) is 0.424. The van der Waals surface area contributed by atoms with Crippen molar-refractivity contribution in [2.45, 2.75) is 19.3 Å². The summed E-state index contributed by atoms with van der Waals surface area (Å²) in [4.78, 5) is 0. The molecule has 0 saturated carbocycles. The molecule has 4 rings (SSSR count). The molecule has 0 amide bonds. The monoisotopic (exact) mass is 374 g/mol. The number of nitrogens with one attached hydrogen (secondary N) is 2. The minimum Gasteiger partial charge on any atom is -0.508 e. The van der Waals surface area contributed by atoms with E-state index in [1.807, 2.05) is 42.5 Å². The molecule has 5 N–H and O–H groups in total. The molecular formula is C21H22N6O. The summed E-state index contributed by atoms with van der Waals surface area (Å²) in [6.45, 7) is 4.88. The number of nitrogens with two attached hydrogens (primary N) is 1. The van der Waals surface area contributed by atoms with Crippen molar-refractivity contribution in [3.63, 3.8) is 0 Å². The second-order valence-corrected chi connectivity index (χ2v) is 7.46. The SMILES string of the molecule is CC(C)(CNc1ccc(-c2ccc3[nH]nc(N)c3c2)nn1)c1cccc(O)c1. The van der Waals surface area contributed by atoms with Gasteiger partial charge in [0.25, 0.3) is 0 Å². The van der Waals surface area contributed by atoms with Crippen LogP contribution in [0.1, 0.15) is 19.4 Å². The molecule has 0 atom stereocenters. The van der Waals surface area contributed by atoms with Gasteiger partial charge in [-0.3, -0.25) is 5.10 Å². The number of aromatic hydroxyl groups is 1. The number of phenols is 1. The van der Waals surface area contributed by atoms with Crippen LogP contribution in [0.2, 0.25) is 0 Å². The van der Waals surface area contributed by atoms with E-state index in [0.29, 0.717) is 18.2 Å². The van der Waals surface area contributed by atoms with Gasteiger partial charge >= 0.3 is 0 Å². The topological polar surface area (TPSA) is 113 Å². The molecule has 0 unspecified atom stereocenters. The van der Waals surface area contributed by atoms with Crippen LogP contribution in [0.25, 0.3) is 22.2 Å². The fourth-order valence-electron chi connectivity index (χ4n) is 3.11. The minimum absolute atomic E-state index is 0.178. The molecule has 7 heteroatoms.